The summed E-state index contributed by atoms with van der Waals surface area (Å²) in [6.07, 6.45) is -4.67. The Hall–Kier alpha value is -2.65. The molecule has 2 aromatic carbocycles. The molecule has 3 rings (SSSR count). The molecule has 0 saturated heterocycles. The van der Waals surface area contributed by atoms with E-state index in [4.69, 9.17) is 10.5 Å². The molecule has 0 spiro atoms. The molecule has 0 bridgehead atoms. The Morgan fingerprint density at radius 3 is 2.52 bits per heavy atom. The summed E-state index contributed by atoms with van der Waals surface area (Å²) in [7, 11) is 1.56. The standard InChI is InChI=1S/C20H19F4N3OS/c1-28-8-7-27(12-13-5-3-2-4-6-13)18-17(26-19(25)29-18)14-9-15(20(22,23)24)11-16(21)10-14/h2-6,9-11H,7-8,12H2,1H3,(H2,25,26). The number of ether oxygens (including phenoxy) is 1. The number of anilines is 2. The number of thiazole rings is 1. The number of rotatable bonds is 7. The highest BCUT2D eigenvalue weighted by molar-refractivity contribution is 7.19. The Morgan fingerprint density at radius 1 is 1.14 bits per heavy atom. The maximum Gasteiger partial charge on any atom is 0.416 e. The summed E-state index contributed by atoms with van der Waals surface area (Å²) in [6.45, 7) is 1.32. The van der Waals surface area contributed by atoms with Gasteiger partial charge in [0.15, 0.2) is 5.13 Å². The van der Waals surface area contributed by atoms with Crippen molar-refractivity contribution in [3.05, 3.63) is 65.5 Å². The topological polar surface area (TPSA) is 51.4 Å². The molecule has 0 radical (unpaired) electrons. The molecule has 0 unspecified atom stereocenters. The van der Waals surface area contributed by atoms with Crippen LogP contribution in [0.4, 0.5) is 27.7 Å². The largest absolute Gasteiger partial charge is 0.416 e. The van der Waals surface area contributed by atoms with Crippen LogP contribution < -0.4 is 10.6 Å². The maximum atomic E-state index is 13.9. The van der Waals surface area contributed by atoms with Gasteiger partial charge in [-0.3, -0.25) is 0 Å². The third-order valence-corrected chi connectivity index (χ3v) is 5.14. The zero-order chi connectivity index (χ0) is 21.0. The fourth-order valence-electron chi connectivity index (χ4n) is 2.88. The van der Waals surface area contributed by atoms with Gasteiger partial charge in [-0.25, -0.2) is 9.37 Å². The predicted molar refractivity (Wildman–Crippen MR) is 106 cm³/mol. The van der Waals surface area contributed by atoms with Crippen LogP contribution in [0.3, 0.4) is 0 Å². The number of nitrogens with zero attached hydrogens (tertiary/aromatic N) is 2. The first-order chi connectivity index (χ1) is 13.8. The summed E-state index contributed by atoms with van der Waals surface area (Å²) in [5, 5.41) is 0.741. The van der Waals surface area contributed by atoms with E-state index in [9.17, 15) is 17.6 Å². The highest BCUT2D eigenvalue weighted by atomic mass is 32.1. The highest BCUT2D eigenvalue weighted by Gasteiger charge is 2.32. The van der Waals surface area contributed by atoms with Crippen LogP contribution in [0, 0.1) is 5.82 Å². The van der Waals surface area contributed by atoms with Crippen LogP contribution >= 0.6 is 11.3 Å². The van der Waals surface area contributed by atoms with Crippen molar-refractivity contribution in [3.63, 3.8) is 0 Å². The van der Waals surface area contributed by atoms with Crippen molar-refractivity contribution in [1.29, 1.82) is 0 Å². The van der Waals surface area contributed by atoms with E-state index in [1.165, 1.54) is 0 Å². The minimum Gasteiger partial charge on any atom is -0.383 e. The lowest BCUT2D eigenvalue weighted by atomic mass is 10.1. The van der Waals surface area contributed by atoms with E-state index in [0.29, 0.717) is 30.8 Å². The number of alkyl halides is 3. The van der Waals surface area contributed by atoms with Crippen molar-refractivity contribution in [2.75, 3.05) is 30.9 Å². The van der Waals surface area contributed by atoms with Gasteiger partial charge in [-0.15, -0.1) is 0 Å². The van der Waals surface area contributed by atoms with Crippen molar-refractivity contribution >= 4 is 21.5 Å². The van der Waals surface area contributed by atoms with E-state index in [-0.39, 0.29) is 16.4 Å². The molecule has 29 heavy (non-hydrogen) atoms. The number of benzene rings is 2. The SMILES string of the molecule is COCCN(Cc1ccccc1)c1sc(N)nc1-c1cc(F)cc(C(F)(F)F)c1. The number of halogens is 4. The van der Waals surface area contributed by atoms with Gasteiger partial charge in [0.1, 0.15) is 16.5 Å². The molecular weight excluding hydrogens is 406 g/mol. The zero-order valence-corrected chi connectivity index (χ0v) is 16.4. The van der Waals surface area contributed by atoms with Crippen LogP contribution in [0.1, 0.15) is 11.1 Å². The van der Waals surface area contributed by atoms with Gasteiger partial charge in [0.2, 0.25) is 0 Å². The average Bonchev–Trinajstić information content (AvgIpc) is 3.06. The summed E-state index contributed by atoms with van der Waals surface area (Å²) in [4.78, 5) is 6.11. The van der Waals surface area contributed by atoms with Gasteiger partial charge in [0, 0.05) is 25.8 Å². The van der Waals surface area contributed by atoms with Crippen LogP contribution in [0.15, 0.2) is 48.5 Å². The Labute approximate surface area is 169 Å². The summed E-state index contributed by atoms with van der Waals surface area (Å²) >= 11 is 1.14. The molecule has 2 N–H and O–H groups in total. The van der Waals surface area contributed by atoms with Crippen LogP contribution in [0.5, 0.6) is 0 Å². The molecule has 9 heteroatoms. The molecule has 0 aliphatic carbocycles. The smallest absolute Gasteiger partial charge is 0.383 e. The van der Waals surface area contributed by atoms with Crippen LogP contribution in [-0.2, 0) is 17.5 Å². The van der Waals surface area contributed by atoms with Gasteiger partial charge in [0.25, 0.3) is 0 Å². The second kappa shape index (κ2) is 8.79. The monoisotopic (exact) mass is 425 g/mol. The third kappa shape index (κ3) is 5.24. The quantitative estimate of drug-likeness (QED) is 0.529. The average molecular weight is 425 g/mol. The first-order valence-electron chi connectivity index (χ1n) is 8.70. The molecule has 1 aromatic heterocycles. The lowest BCUT2D eigenvalue weighted by Gasteiger charge is -2.24. The summed E-state index contributed by atoms with van der Waals surface area (Å²) in [5.41, 5.74) is 6.03. The van der Waals surface area contributed by atoms with Crippen molar-refractivity contribution in [1.82, 2.24) is 4.98 Å². The fourth-order valence-corrected chi connectivity index (χ4v) is 3.76. The van der Waals surface area contributed by atoms with E-state index in [0.717, 1.165) is 29.0 Å². The number of nitrogen functional groups attached to an aromatic ring is 1. The van der Waals surface area contributed by atoms with Gasteiger partial charge in [-0.05, 0) is 23.8 Å². The second-order valence-corrected chi connectivity index (χ2v) is 7.34. The van der Waals surface area contributed by atoms with Crippen LogP contribution in [0.2, 0.25) is 0 Å². The van der Waals surface area contributed by atoms with Crippen molar-refractivity contribution in [3.8, 4) is 11.3 Å². The maximum absolute atomic E-state index is 13.9. The predicted octanol–water partition coefficient (Wildman–Crippen LogP) is 5.20. The summed E-state index contributed by atoms with van der Waals surface area (Å²) in [5.74, 6) is -0.987. The second-order valence-electron chi connectivity index (χ2n) is 6.33. The first-order valence-corrected chi connectivity index (χ1v) is 9.52. The van der Waals surface area contributed by atoms with E-state index >= 15 is 0 Å². The number of hydrogen-bond donors (Lipinski definition) is 1. The Balaban J connectivity index is 2.05. The Kier molecular flexibility index (Phi) is 6.39. The normalized spacial score (nSPS) is 11.6. The zero-order valence-electron chi connectivity index (χ0n) is 15.5. The summed E-state index contributed by atoms with van der Waals surface area (Å²) in [6, 6.07) is 11.9. The van der Waals surface area contributed by atoms with Crippen molar-refractivity contribution in [2.45, 2.75) is 12.7 Å². The molecule has 154 valence electrons. The van der Waals surface area contributed by atoms with Crippen molar-refractivity contribution in [2.24, 2.45) is 0 Å². The highest BCUT2D eigenvalue weighted by Crippen LogP contribution is 2.40. The van der Waals surface area contributed by atoms with Crippen LogP contribution in [-0.4, -0.2) is 25.2 Å². The number of methoxy groups -OCH3 is 1. The van der Waals surface area contributed by atoms with Gasteiger partial charge in [-0.2, -0.15) is 13.2 Å². The number of aromatic nitrogens is 1. The van der Waals surface area contributed by atoms with E-state index < -0.39 is 17.6 Å². The minimum atomic E-state index is -4.67. The molecule has 0 aliphatic heterocycles. The Bertz CT molecular complexity index is 960. The van der Waals surface area contributed by atoms with Gasteiger partial charge < -0.3 is 15.4 Å². The molecule has 0 atom stereocenters. The van der Waals surface area contributed by atoms with Gasteiger partial charge >= 0.3 is 6.18 Å². The van der Waals surface area contributed by atoms with E-state index in [2.05, 4.69) is 4.98 Å². The molecule has 0 saturated carbocycles. The molecule has 1 heterocycles. The minimum absolute atomic E-state index is 0.0238. The van der Waals surface area contributed by atoms with Gasteiger partial charge in [-0.1, -0.05) is 41.7 Å². The molecule has 4 nitrogen and oxygen atoms in total. The Morgan fingerprint density at radius 2 is 1.86 bits per heavy atom. The first kappa shape index (κ1) is 21.1. The lowest BCUT2D eigenvalue weighted by molar-refractivity contribution is -0.137. The summed E-state index contributed by atoms with van der Waals surface area (Å²) < 4.78 is 58.6. The molecular formula is C20H19F4N3OS. The molecule has 0 amide bonds. The molecule has 0 aliphatic rings. The van der Waals surface area contributed by atoms with Crippen molar-refractivity contribution < 1.29 is 22.3 Å². The molecule has 0 fully saturated rings. The van der Waals surface area contributed by atoms with E-state index in [1.807, 2.05) is 35.2 Å². The molecule has 3 aromatic rings. The van der Waals surface area contributed by atoms with Gasteiger partial charge in [0.05, 0.1) is 12.2 Å². The lowest BCUT2D eigenvalue weighted by Crippen LogP contribution is -2.26. The van der Waals surface area contributed by atoms with E-state index in [1.54, 1.807) is 7.11 Å². The van der Waals surface area contributed by atoms with Crippen LogP contribution in [0.25, 0.3) is 11.3 Å². The number of hydrogen-bond acceptors (Lipinski definition) is 5. The fraction of sp³-hybridized carbons (Fsp3) is 0.250. The number of nitrogens with two attached hydrogens (primary N) is 1. The third-order valence-electron chi connectivity index (χ3n) is 4.19.